The van der Waals surface area contributed by atoms with Crippen molar-refractivity contribution in [1.29, 1.82) is 0 Å². The van der Waals surface area contributed by atoms with Gasteiger partial charge < -0.3 is 0 Å². The summed E-state index contributed by atoms with van der Waals surface area (Å²) >= 11 is 4.53. The lowest BCUT2D eigenvalue weighted by Crippen LogP contribution is -2.13. The molecule has 156 valence electrons. The predicted octanol–water partition coefficient (Wildman–Crippen LogP) is 7.38. The summed E-state index contributed by atoms with van der Waals surface area (Å²) in [7, 11) is 0. The molecule has 1 aliphatic carbocycles. The fourth-order valence-electron chi connectivity index (χ4n) is 4.31. The van der Waals surface area contributed by atoms with Crippen molar-refractivity contribution < 1.29 is 4.39 Å². The lowest BCUT2D eigenvalue weighted by molar-refractivity contribution is 0.304. The van der Waals surface area contributed by atoms with Crippen LogP contribution in [0.25, 0.3) is 0 Å². The van der Waals surface area contributed by atoms with Gasteiger partial charge >= 0.3 is 0 Å². The van der Waals surface area contributed by atoms with Crippen LogP contribution in [-0.2, 0) is 6.42 Å². The molecule has 1 aliphatic rings. The summed E-state index contributed by atoms with van der Waals surface area (Å²) < 4.78 is 14.2. The first-order valence-electron chi connectivity index (χ1n) is 11.0. The Bertz CT molecular complexity index is 974. The van der Waals surface area contributed by atoms with Crippen molar-refractivity contribution in [2.45, 2.75) is 71.1 Å². The van der Waals surface area contributed by atoms with Gasteiger partial charge in [0.25, 0.3) is 0 Å². The number of aromatic nitrogens is 1. The van der Waals surface area contributed by atoms with Gasteiger partial charge in [0.05, 0.1) is 10.7 Å². The van der Waals surface area contributed by atoms with Crippen LogP contribution >= 0.6 is 12.2 Å². The third-order valence-corrected chi connectivity index (χ3v) is 6.22. The van der Waals surface area contributed by atoms with E-state index in [-0.39, 0.29) is 11.4 Å². The highest BCUT2D eigenvalue weighted by Gasteiger charge is 2.22. The first-order valence-corrected chi connectivity index (χ1v) is 11.4. The van der Waals surface area contributed by atoms with Gasteiger partial charge in [0.1, 0.15) is 5.82 Å². The molecule has 1 fully saturated rings. The molecular formula is C26H29FN2S. The van der Waals surface area contributed by atoms with Crippen molar-refractivity contribution in [2.24, 2.45) is 10.9 Å². The van der Waals surface area contributed by atoms with Crippen LogP contribution in [0.5, 0.6) is 0 Å². The lowest BCUT2D eigenvalue weighted by atomic mass is 9.76. The molecule has 0 spiro atoms. The molecule has 0 atom stereocenters. The average molecular weight is 421 g/mol. The number of thiocarbonyl (C=S) groups is 1. The molecule has 1 aromatic carbocycles. The van der Waals surface area contributed by atoms with E-state index in [1.54, 1.807) is 0 Å². The molecule has 0 aliphatic heterocycles. The van der Waals surface area contributed by atoms with Crippen LogP contribution in [0.4, 0.5) is 10.2 Å². The van der Waals surface area contributed by atoms with Crippen LogP contribution < -0.4 is 0 Å². The Hall–Kier alpha value is -2.34. The highest BCUT2D eigenvalue weighted by Crippen LogP contribution is 2.38. The number of aliphatic imine (C=N–C) groups is 1. The van der Waals surface area contributed by atoms with E-state index in [9.17, 15) is 4.39 Å². The summed E-state index contributed by atoms with van der Waals surface area (Å²) in [4.78, 5) is 7.74. The molecule has 0 unspecified atom stereocenters. The number of hydrogen-bond donors (Lipinski definition) is 0. The van der Waals surface area contributed by atoms with E-state index in [2.05, 4.69) is 71.2 Å². The lowest BCUT2D eigenvalue weighted by Gasteiger charge is -2.29. The molecule has 2 aromatic rings. The fourth-order valence-corrected chi connectivity index (χ4v) is 4.41. The van der Waals surface area contributed by atoms with Gasteiger partial charge in [-0.2, -0.15) is 4.99 Å². The van der Waals surface area contributed by atoms with Gasteiger partial charge in [0, 0.05) is 17.8 Å². The number of unbranched alkanes of at least 4 members (excludes halogenated alkanes) is 1. The van der Waals surface area contributed by atoms with Crippen LogP contribution in [-0.4, -0.2) is 10.1 Å². The number of nitrogens with zero attached hydrogens (tertiary/aromatic N) is 2. The number of benzene rings is 1. The maximum Gasteiger partial charge on any atom is 0.165 e. The molecule has 0 saturated heterocycles. The monoisotopic (exact) mass is 420 g/mol. The molecule has 3 rings (SSSR count). The number of hydrogen-bond acceptors (Lipinski definition) is 3. The molecule has 30 heavy (non-hydrogen) atoms. The highest BCUT2D eigenvalue weighted by atomic mass is 32.1. The molecular weight excluding hydrogens is 391 g/mol. The molecule has 0 N–H and O–H groups in total. The zero-order valence-corrected chi connectivity index (χ0v) is 18.7. The molecule has 1 aromatic heterocycles. The number of isothiocyanates is 1. The van der Waals surface area contributed by atoms with Crippen molar-refractivity contribution in [3.8, 4) is 11.8 Å². The average Bonchev–Trinajstić information content (AvgIpc) is 2.77. The van der Waals surface area contributed by atoms with Crippen LogP contribution in [0.15, 0.2) is 35.5 Å². The Morgan fingerprint density at radius 2 is 1.87 bits per heavy atom. The van der Waals surface area contributed by atoms with Crippen molar-refractivity contribution in [3.05, 3.63) is 58.5 Å². The van der Waals surface area contributed by atoms with Crippen molar-refractivity contribution in [3.63, 3.8) is 0 Å². The van der Waals surface area contributed by atoms with E-state index in [1.807, 2.05) is 0 Å². The van der Waals surface area contributed by atoms with E-state index in [1.165, 1.54) is 68.3 Å². The van der Waals surface area contributed by atoms with Crippen LogP contribution in [0.1, 0.15) is 87.0 Å². The van der Waals surface area contributed by atoms with Gasteiger partial charge in [0.2, 0.25) is 0 Å². The molecule has 0 radical (unpaired) electrons. The summed E-state index contributed by atoms with van der Waals surface area (Å²) in [5.41, 5.74) is 3.87. The van der Waals surface area contributed by atoms with Crippen molar-refractivity contribution in [2.75, 3.05) is 0 Å². The molecule has 2 nitrogen and oxygen atoms in total. The third-order valence-electron chi connectivity index (χ3n) is 6.13. The second-order valence-corrected chi connectivity index (χ2v) is 8.29. The number of aryl methyl sites for hydroxylation is 1. The minimum atomic E-state index is -0.448. The summed E-state index contributed by atoms with van der Waals surface area (Å²) in [5.74, 6) is 7.39. The largest absolute Gasteiger partial charge is 0.235 e. The summed E-state index contributed by atoms with van der Waals surface area (Å²) in [6.45, 7) is 4.42. The first kappa shape index (κ1) is 22.3. The topological polar surface area (TPSA) is 25.2 Å². The van der Waals surface area contributed by atoms with Gasteiger partial charge in [-0.25, -0.2) is 9.37 Å². The minimum absolute atomic E-state index is 0.205. The molecule has 1 saturated carbocycles. The fraction of sp³-hybridized carbons (Fsp3) is 0.462. The summed E-state index contributed by atoms with van der Waals surface area (Å²) in [6, 6.07) is 7.85. The molecule has 0 bridgehead atoms. The zero-order valence-electron chi connectivity index (χ0n) is 17.9. The second kappa shape index (κ2) is 11.2. The smallest absolute Gasteiger partial charge is 0.165 e. The van der Waals surface area contributed by atoms with Gasteiger partial charge in [-0.3, -0.25) is 0 Å². The standard InChI is InChI=1S/C26H29FN2S/c1-3-5-6-19-7-9-22(10-8-19)23-13-11-21(20(4-2)15-23)12-14-24-17-28-26(29-18-30)16-25(24)27/h11,13,15-17,19,22H,3-10H2,1-2H3. The van der Waals surface area contributed by atoms with Crippen LogP contribution in [0.2, 0.25) is 0 Å². The number of rotatable bonds is 6. The first-order chi connectivity index (χ1) is 14.6. The maximum atomic E-state index is 14.2. The van der Waals surface area contributed by atoms with E-state index in [4.69, 9.17) is 0 Å². The van der Waals surface area contributed by atoms with Crippen molar-refractivity contribution in [1.82, 2.24) is 4.98 Å². The number of pyridine rings is 1. The van der Waals surface area contributed by atoms with E-state index >= 15 is 0 Å². The Morgan fingerprint density at radius 1 is 1.10 bits per heavy atom. The number of halogens is 1. The van der Waals surface area contributed by atoms with Crippen LogP contribution in [0.3, 0.4) is 0 Å². The molecule has 0 amide bonds. The Morgan fingerprint density at radius 3 is 2.53 bits per heavy atom. The second-order valence-electron chi connectivity index (χ2n) is 8.11. The normalized spacial score (nSPS) is 18.2. The summed E-state index contributed by atoms with van der Waals surface area (Å²) in [5, 5.41) is 2.19. The molecule has 4 heteroatoms. The third kappa shape index (κ3) is 5.85. The van der Waals surface area contributed by atoms with E-state index in [0.717, 1.165) is 17.9 Å². The predicted molar refractivity (Wildman–Crippen MR) is 125 cm³/mol. The van der Waals surface area contributed by atoms with Crippen LogP contribution in [0, 0.1) is 23.6 Å². The van der Waals surface area contributed by atoms with Gasteiger partial charge in [-0.1, -0.05) is 57.1 Å². The SMILES string of the molecule is CCCCC1CCC(c2ccc(C#Cc3cnc(N=C=S)cc3F)c(CC)c2)CC1. The van der Waals surface area contributed by atoms with Crippen molar-refractivity contribution >= 4 is 23.2 Å². The van der Waals surface area contributed by atoms with Gasteiger partial charge in [0.15, 0.2) is 5.82 Å². The highest BCUT2D eigenvalue weighted by molar-refractivity contribution is 7.78. The van der Waals surface area contributed by atoms with Gasteiger partial charge in [-0.15, -0.1) is 0 Å². The zero-order chi connectivity index (χ0) is 21.3. The van der Waals surface area contributed by atoms with E-state index < -0.39 is 5.82 Å². The molecule has 1 heterocycles. The Labute approximate surface area is 185 Å². The Balaban J connectivity index is 1.73. The quantitative estimate of drug-likeness (QED) is 0.277. The van der Waals surface area contributed by atoms with E-state index in [0.29, 0.717) is 5.92 Å². The van der Waals surface area contributed by atoms with Gasteiger partial charge in [-0.05, 0) is 73.4 Å². The Kier molecular flexibility index (Phi) is 8.31. The summed E-state index contributed by atoms with van der Waals surface area (Å²) in [6.07, 6.45) is 11.6. The maximum absolute atomic E-state index is 14.2. The minimum Gasteiger partial charge on any atom is -0.235 e.